The third kappa shape index (κ3) is 26.7. The van der Waals surface area contributed by atoms with Gasteiger partial charge in [-0.25, -0.2) is 4.79 Å². The van der Waals surface area contributed by atoms with Gasteiger partial charge in [0.05, 0.1) is 12.6 Å². The number of aliphatic hydroxyl groups excluding tert-OH is 1. The molecule has 0 unspecified atom stereocenters. The number of thiol groups is 2. The lowest BCUT2D eigenvalue weighted by Crippen LogP contribution is -2.61. The second-order valence-electron chi connectivity index (χ2n) is 21.9. The maximum absolute atomic E-state index is 14.4. The fourth-order valence-corrected chi connectivity index (χ4v) is 9.18. The van der Waals surface area contributed by atoms with Crippen LogP contribution in [0.2, 0.25) is 0 Å². The minimum Gasteiger partial charge on any atom is -0.508 e. The van der Waals surface area contributed by atoms with Crippen LogP contribution in [0.4, 0.5) is 0 Å². The van der Waals surface area contributed by atoms with Gasteiger partial charge in [-0.15, -0.1) is 0 Å². The maximum Gasteiger partial charge on any atom is 0.326 e. The average molecular weight is 1280 g/mol. The number of nitrogens with one attached hydrogen (secondary N) is 9. The molecule has 0 heterocycles. The molecule has 89 heavy (non-hydrogen) atoms. The molecule has 3 aromatic rings. The molecular weight excluding hydrogens is 1200 g/mol. The summed E-state index contributed by atoms with van der Waals surface area (Å²) in [5.41, 5.74) is 12.9. The van der Waals surface area contributed by atoms with E-state index < -0.39 is 164 Å². The number of carbonyl (C=O) groups excluding carboxylic acids is 10. The normalized spacial score (nSPS) is 14.5. The van der Waals surface area contributed by atoms with E-state index in [-0.39, 0.29) is 72.7 Å². The Bertz CT molecular complexity index is 2920. The molecule has 10 atom stereocenters. The van der Waals surface area contributed by atoms with Gasteiger partial charge in [0.2, 0.25) is 59.1 Å². The van der Waals surface area contributed by atoms with Gasteiger partial charge in [0.25, 0.3) is 0 Å². The van der Waals surface area contributed by atoms with Gasteiger partial charge in [-0.2, -0.15) is 25.3 Å². The SMILES string of the molecule is CC(C)C[C@H](NC(=O)[C@H](Cc1ccc(O)cc1)NC(=O)[C@H](CCC(N)=O)NC(=O)[C@H](CO)NC(=O)[C@H](CC(C)C)NC(=O)[C@H](CCC(=O)O)NC(=O)[C@H](CS)NC(=O)[C@@H](N)Cc1ccc(O)cc1)C(=O)N[C@@H](CS)C(=O)N[C@@H](Cc1ccc(O)cc1)C(=O)O. The number of carboxylic acids is 2. The fourth-order valence-electron chi connectivity index (χ4n) is 8.66. The van der Waals surface area contributed by atoms with Crippen molar-refractivity contribution in [2.75, 3.05) is 18.1 Å². The van der Waals surface area contributed by atoms with Gasteiger partial charge in [-0.1, -0.05) is 64.1 Å². The van der Waals surface area contributed by atoms with E-state index in [2.05, 4.69) is 73.1 Å². The summed E-state index contributed by atoms with van der Waals surface area (Å²) >= 11 is 8.35. The quantitative estimate of drug-likeness (QED) is 0.0268. The number of phenolic OH excluding ortho intramolecular Hbond substituents is 3. The molecule has 0 aromatic heterocycles. The Morgan fingerprint density at radius 3 is 1.07 bits per heavy atom. The summed E-state index contributed by atoms with van der Waals surface area (Å²) in [6.45, 7) is 5.64. The number of primary amides is 1. The molecule has 0 fully saturated rings. The molecule has 0 bridgehead atoms. The first-order valence-electron chi connectivity index (χ1n) is 28.3. The fraction of sp³-hybridized carbons (Fsp3) is 0.483. The highest BCUT2D eigenvalue weighted by Crippen LogP contribution is 2.17. The topological polar surface area (TPSA) is 487 Å². The van der Waals surface area contributed by atoms with Crippen LogP contribution >= 0.6 is 25.3 Å². The molecular formula is C58H81N11O18S2. The molecule has 0 saturated heterocycles. The summed E-state index contributed by atoms with van der Waals surface area (Å²) in [5, 5.41) is 81.0. The Kier molecular flexibility index (Phi) is 31.2. The highest BCUT2D eigenvalue weighted by molar-refractivity contribution is 7.80. The second kappa shape index (κ2) is 37.2. The third-order valence-electron chi connectivity index (χ3n) is 13.4. The van der Waals surface area contributed by atoms with Crippen molar-refractivity contribution in [3.05, 3.63) is 89.5 Å². The van der Waals surface area contributed by atoms with E-state index in [4.69, 9.17) is 11.5 Å². The summed E-state index contributed by atoms with van der Waals surface area (Å²) in [6, 6.07) is 1.57. The summed E-state index contributed by atoms with van der Waals surface area (Å²) in [4.78, 5) is 161. The molecule has 0 spiro atoms. The Balaban J connectivity index is 1.86. The lowest BCUT2D eigenvalue weighted by Gasteiger charge is -2.28. The van der Waals surface area contributed by atoms with Crippen LogP contribution in [0.3, 0.4) is 0 Å². The number of amides is 10. The van der Waals surface area contributed by atoms with Crippen molar-refractivity contribution in [3.63, 3.8) is 0 Å². The van der Waals surface area contributed by atoms with Gasteiger partial charge in [0.1, 0.15) is 71.6 Å². The number of nitrogens with two attached hydrogens (primary N) is 2. The molecule has 488 valence electrons. The van der Waals surface area contributed by atoms with Crippen LogP contribution in [0.25, 0.3) is 0 Å². The van der Waals surface area contributed by atoms with Gasteiger partial charge in [-0.3, -0.25) is 52.7 Å². The summed E-state index contributed by atoms with van der Waals surface area (Å²) in [6.07, 6.45) is -2.94. The number of aliphatic hydroxyl groups is 1. The van der Waals surface area contributed by atoms with Crippen LogP contribution in [0.15, 0.2) is 72.8 Å². The van der Waals surface area contributed by atoms with E-state index in [0.717, 1.165) is 0 Å². The Hall–Kier alpha value is -8.68. The van der Waals surface area contributed by atoms with Crippen molar-refractivity contribution in [2.24, 2.45) is 23.3 Å². The maximum atomic E-state index is 14.4. The van der Waals surface area contributed by atoms with Gasteiger partial charge in [0, 0.05) is 37.2 Å². The van der Waals surface area contributed by atoms with E-state index in [9.17, 15) is 88.2 Å². The first-order chi connectivity index (χ1) is 41.9. The Labute approximate surface area is 524 Å². The number of aliphatic carboxylic acids is 2. The minimum atomic E-state index is -1.88. The van der Waals surface area contributed by atoms with E-state index in [0.29, 0.717) is 16.7 Å². The van der Waals surface area contributed by atoms with Crippen LogP contribution in [0.5, 0.6) is 17.2 Å². The molecule has 10 amide bonds. The number of benzene rings is 3. The number of phenols is 3. The Morgan fingerprint density at radius 2 is 0.697 bits per heavy atom. The van der Waals surface area contributed by atoms with Crippen LogP contribution in [0, 0.1) is 11.8 Å². The van der Waals surface area contributed by atoms with Crippen molar-refractivity contribution < 1.29 is 88.2 Å². The lowest BCUT2D eigenvalue weighted by molar-refractivity contribution is -0.142. The standard InChI is InChI=1S/C58H81N11O18S2/c1-29(2)21-40(63-51(79)39(18-20-48(75)76)62-56(84)45(27-88)68-49(77)37(59)23-31-5-11-34(71)12-6-31)52(80)67-44(26-70)55(83)61-38(17-19-47(60)74)50(78)65-42(24-32-7-13-35(72)14-8-32)54(82)64-41(22-30(3)4)53(81)69-46(28-89)57(85)66-43(58(86)87)25-33-9-15-36(73)16-10-33/h5-16,29-30,37-46,70-73,88-89H,17-28,59H2,1-4H3,(H2,60,74)(H,61,83)(H,62,84)(H,63,79)(H,64,82)(H,65,78)(H,66,85)(H,67,80)(H,68,77)(H,69,81)(H,75,76)(H,86,87)/t37-,38-,39-,40-,41-,42-,43-,44-,45-,46-/m0/s1. The Morgan fingerprint density at radius 1 is 0.404 bits per heavy atom. The highest BCUT2D eigenvalue weighted by Gasteiger charge is 2.36. The van der Waals surface area contributed by atoms with Gasteiger partial charge >= 0.3 is 11.9 Å². The smallest absolute Gasteiger partial charge is 0.326 e. The largest absolute Gasteiger partial charge is 0.508 e. The summed E-state index contributed by atoms with van der Waals surface area (Å²) in [5.74, 6) is -14.3. The monoisotopic (exact) mass is 1280 g/mol. The molecule has 31 heteroatoms. The van der Waals surface area contributed by atoms with Crippen LogP contribution in [-0.2, 0) is 76.8 Å². The summed E-state index contributed by atoms with van der Waals surface area (Å²) < 4.78 is 0. The number of aromatic hydroxyl groups is 3. The van der Waals surface area contributed by atoms with Crippen molar-refractivity contribution in [1.29, 1.82) is 0 Å². The van der Waals surface area contributed by atoms with Gasteiger partial charge in [-0.05, 0) is 97.0 Å². The molecule has 29 nitrogen and oxygen atoms in total. The van der Waals surface area contributed by atoms with Crippen molar-refractivity contribution in [3.8, 4) is 17.2 Å². The number of rotatable bonds is 38. The number of hydrogen-bond acceptors (Lipinski definition) is 19. The molecule has 19 N–H and O–H groups in total. The molecule has 0 saturated carbocycles. The number of carboxylic acid groups (broad SMARTS) is 2. The van der Waals surface area contributed by atoms with Crippen molar-refractivity contribution in [2.45, 2.75) is 146 Å². The minimum absolute atomic E-state index is 0.00680. The third-order valence-corrected chi connectivity index (χ3v) is 14.2. The van der Waals surface area contributed by atoms with Crippen molar-refractivity contribution in [1.82, 2.24) is 47.9 Å². The van der Waals surface area contributed by atoms with E-state index >= 15 is 0 Å². The average Bonchev–Trinajstić information content (AvgIpc) is 2.62. The first-order valence-corrected chi connectivity index (χ1v) is 29.6. The predicted molar refractivity (Wildman–Crippen MR) is 327 cm³/mol. The lowest BCUT2D eigenvalue weighted by atomic mass is 10.00. The molecule has 3 rings (SSSR count). The van der Waals surface area contributed by atoms with Crippen molar-refractivity contribution >= 4 is 96.3 Å². The van der Waals surface area contributed by atoms with E-state index in [1.807, 2.05) is 0 Å². The highest BCUT2D eigenvalue weighted by atomic mass is 32.1. The molecule has 0 aliphatic carbocycles. The van der Waals surface area contributed by atoms with Gasteiger partial charge < -0.3 is 90.0 Å². The zero-order chi connectivity index (χ0) is 66.7. The predicted octanol–water partition coefficient (Wildman–Crippen LogP) is -2.32. The zero-order valence-corrected chi connectivity index (χ0v) is 51.3. The molecule has 0 aliphatic rings. The second-order valence-corrected chi connectivity index (χ2v) is 22.6. The van der Waals surface area contributed by atoms with Crippen LogP contribution < -0.4 is 59.3 Å². The molecule has 3 aromatic carbocycles. The zero-order valence-electron chi connectivity index (χ0n) is 49.5. The molecule has 0 aliphatic heterocycles. The van der Waals surface area contributed by atoms with Crippen LogP contribution in [-0.4, -0.2) is 180 Å². The van der Waals surface area contributed by atoms with Gasteiger partial charge in [0.15, 0.2) is 0 Å². The van der Waals surface area contributed by atoms with E-state index in [1.165, 1.54) is 72.8 Å². The van der Waals surface area contributed by atoms with Crippen LogP contribution in [0.1, 0.15) is 82.9 Å². The molecule has 0 radical (unpaired) electrons. The van der Waals surface area contributed by atoms with E-state index in [1.54, 1.807) is 27.7 Å². The number of carbonyl (C=O) groups is 12. The summed E-state index contributed by atoms with van der Waals surface area (Å²) in [7, 11) is 0. The first kappa shape index (κ1) is 74.6. The number of hydrogen-bond donors (Lipinski definition) is 19.